The van der Waals surface area contributed by atoms with Gasteiger partial charge in [0.2, 0.25) is 0 Å². The van der Waals surface area contributed by atoms with Crippen LogP contribution in [0.4, 0.5) is 11.6 Å². The van der Waals surface area contributed by atoms with Crippen molar-refractivity contribution in [3.05, 3.63) is 6.07 Å². The number of anilines is 2. The molecular formula is C12H19N5S. The van der Waals surface area contributed by atoms with Crippen LogP contribution in [0.2, 0.25) is 0 Å². The van der Waals surface area contributed by atoms with E-state index in [1.165, 1.54) is 25.7 Å². The zero-order chi connectivity index (χ0) is 12.5. The Hall–Kier alpha value is -1.01. The van der Waals surface area contributed by atoms with Crippen LogP contribution in [0, 0.1) is 5.92 Å². The van der Waals surface area contributed by atoms with Crippen molar-refractivity contribution in [3.8, 4) is 0 Å². The monoisotopic (exact) mass is 265 g/mol. The van der Waals surface area contributed by atoms with E-state index >= 15 is 0 Å². The highest BCUT2D eigenvalue weighted by Gasteiger charge is 2.34. The molecule has 3 N–H and O–H groups in total. The molecule has 0 atom stereocenters. The predicted octanol–water partition coefficient (Wildman–Crippen LogP) is 1.86. The van der Waals surface area contributed by atoms with E-state index in [1.54, 1.807) is 11.8 Å². The lowest BCUT2D eigenvalue weighted by molar-refractivity contribution is 0.701. The molecule has 18 heavy (non-hydrogen) atoms. The molecule has 0 radical (unpaired) electrons. The summed E-state index contributed by atoms with van der Waals surface area (Å²) in [5, 5.41) is 0.780. The lowest BCUT2D eigenvalue weighted by Crippen LogP contribution is -2.29. The van der Waals surface area contributed by atoms with E-state index in [-0.39, 0.29) is 0 Å². The van der Waals surface area contributed by atoms with Gasteiger partial charge in [-0.05, 0) is 37.9 Å². The van der Waals surface area contributed by atoms with Gasteiger partial charge in [-0.2, -0.15) is 0 Å². The molecule has 2 aliphatic rings. The predicted molar refractivity (Wildman–Crippen MR) is 74.7 cm³/mol. The van der Waals surface area contributed by atoms with Crippen molar-refractivity contribution in [1.82, 2.24) is 9.97 Å². The number of nitrogens with one attached hydrogen (secondary N) is 1. The van der Waals surface area contributed by atoms with Crippen molar-refractivity contribution in [1.29, 1.82) is 0 Å². The number of aromatic nitrogens is 2. The zero-order valence-electron chi connectivity index (χ0n) is 10.6. The van der Waals surface area contributed by atoms with Crippen LogP contribution in [0.1, 0.15) is 25.7 Å². The van der Waals surface area contributed by atoms with Crippen LogP contribution in [0.3, 0.4) is 0 Å². The third-order valence-electron chi connectivity index (χ3n) is 3.46. The van der Waals surface area contributed by atoms with Gasteiger partial charge >= 0.3 is 0 Å². The summed E-state index contributed by atoms with van der Waals surface area (Å²) < 4.78 is 0. The minimum Gasteiger partial charge on any atom is -0.353 e. The van der Waals surface area contributed by atoms with Crippen LogP contribution >= 0.6 is 11.8 Å². The van der Waals surface area contributed by atoms with E-state index < -0.39 is 0 Å². The second-order valence-corrected chi connectivity index (χ2v) is 5.84. The fourth-order valence-corrected chi connectivity index (χ4v) is 2.49. The van der Waals surface area contributed by atoms with Gasteiger partial charge in [-0.1, -0.05) is 11.8 Å². The smallest absolute Gasteiger partial charge is 0.191 e. The van der Waals surface area contributed by atoms with E-state index in [0.29, 0.717) is 11.9 Å². The second kappa shape index (κ2) is 4.93. The topological polar surface area (TPSA) is 67.1 Å². The van der Waals surface area contributed by atoms with Crippen LogP contribution in [-0.4, -0.2) is 28.8 Å². The van der Waals surface area contributed by atoms with Crippen molar-refractivity contribution in [2.45, 2.75) is 36.9 Å². The van der Waals surface area contributed by atoms with Crippen molar-refractivity contribution in [3.63, 3.8) is 0 Å². The molecule has 1 aromatic heterocycles. The molecule has 0 unspecified atom stereocenters. The highest BCUT2D eigenvalue weighted by atomic mass is 32.2. The summed E-state index contributed by atoms with van der Waals surface area (Å²) in [6.07, 6.45) is 7.30. The summed E-state index contributed by atoms with van der Waals surface area (Å²) in [6.45, 7) is 1.14. The molecule has 0 bridgehead atoms. The highest BCUT2D eigenvalue weighted by molar-refractivity contribution is 7.98. The molecule has 2 fully saturated rings. The van der Waals surface area contributed by atoms with Gasteiger partial charge in [-0.25, -0.2) is 15.8 Å². The maximum absolute atomic E-state index is 5.48. The van der Waals surface area contributed by atoms with Crippen LogP contribution < -0.4 is 16.2 Å². The van der Waals surface area contributed by atoms with E-state index in [4.69, 9.17) is 5.84 Å². The van der Waals surface area contributed by atoms with Gasteiger partial charge in [0.15, 0.2) is 5.16 Å². The number of thioether (sulfide) groups is 1. The third kappa shape index (κ3) is 2.70. The minimum atomic E-state index is 0.681. The quantitative estimate of drug-likeness (QED) is 0.354. The molecule has 98 valence electrons. The lowest BCUT2D eigenvalue weighted by Gasteiger charge is -2.24. The molecule has 0 spiro atoms. The van der Waals surface area contributed by atoms with Gasteiger partial charge < -0.3 is 10.3 Å². The fraction of sp³-hybridized carbons (Fsp3) is 0.667. The van der Waals surface area contributed by atoms with Crippen molar-refractivity contribution in [2.75, 3.05) is 23.1 Å². The molecule has 5 nitrogen and oxygen atoms in total. The Morgan fingerprint density at radius 3 is 2.72 bits per heavy atom. The number of nitrogen functional groups attached to an aromatic ring is 1. The molecule has 0 aromatic carbocycles. The third-order valence-corrected chi connectivity index (χ3v) is 4.00. The van der Waals surface area contributed by atoms with Crippen LogP contribution in [-0.2, 0) is 0 Å². The molecule has 0 aliphatic heterocycles. The molecule has 2 saturated carbocycles. The van der Waals surface area contributed by atoms with E-state index in [9.17, 15) is 0 Å². The number of nitrogens with zero attached hydrogens (tertiary/aromatic N) is 3. The first-order chi connectivity index (χ1) is 8.80. The second-order valence-electron chi connectivity index (χ2n) is 5.07. The fourth-order valence-electron chi connectivity index (χ4n) is 2.12. The highest BCUT2D eigenvalue weighted by Crippen LogP contribution is 2.37. The Bertz CT molecular complexity index is 408. The van der Waals surface area contributed by atoms with Crippen molar-refractivity contribution in [2.24, 2.45) is 11.8 Å². The van der Waals surface area contributed by atoms with Gasteiger partial charge in [0.05, 0.1) is 0 Å². The Morgan fingerprint density at radius 2 is 2.17 bits per heavy atom. The Balaban J connectivity index is 1.86. The maximum atomic E-state index is 5.48. The molecule has 3 rings (SSSR count). The first-order valence-corrected chi connectivity index (χ1v) is 7.69. The van der Waals surface area contributed by atoms with Gasteiger partial charge in [0.25, 0.3) is 0 Å². The lowest BCUT2D eigenvalue weighted by atomic mass is 10.3. The average molecular weight is 265 g/mol. The first-order valence-electron chi connectivity index (χ1n) is 6.46. The number of hydrogen-bond donors (Lipinski definition) is 2. The van der Waals surface area contributed by atoms with Gasteiger partial charge in [0.1, 0.15) is 11.6 Å². The van der Waals surface area contributed by atoms with Gasteiger partial charge in [0, 0.05) is 18.7 Å². The molecule has 6 heteroatoms. The first kappa shape index (κ1) is 12.0. The summed E-state index contributed by atoms with van der Waals surface area (Å²) in [5.74, 6) is 8.07. The van der Waals surface area contributed by atoms with Crippen LogP contribution in [0.15, 0.2) is 11.2 Å². The molecule has 0 amide bonds. The Morgan fingerprint density at radius 1 is 1.39 bits per heavy atom. The number of hydrogen-bond acceptors (Lipinski definition) is 6. The zero-order valence-corrected chi connectivity index (χ0v) is 11.4. The summed E-state index contributed by atoms with van der Waals surface area (Å²) in [6, 6.07) is 2.64. The van der Waals surface area contributed by atoms with Crippen molar-refractivity contribution < 1.29 is 0 Å². The Kier molecular flexibility index (Phi) is 3.30. The summed E-state index contributed by atoms with van der Waals surface area (Å²) in [7, 11) is 0. The minimum absolute atomic E-state index is 0.681. The van der Waals surface area contributed by atoms with E-state index in [0.717, 1.165) is 23.4 Å². The van der Waals surface area contributed by atoms with Crippen LogP contribution in [0.25, 0.3) is 0 Å². The number of nitrogens with two attached hydrogens (primary N) is 1. The molecular weight excluding hydrogens is 246 g/mol. The largest absolute Gasteiger partial charge is 0.353 e. The van der Waals surface area contributed by atoms with E-state index in [1.807, 2.05) is 12.3 Å². The maximum Gasteiger partial charge on any atom is 0.191 e. The summed E-state index contributed by atoms with van der Waals surface area (Å²) in [5.41, 5.74) is 2.63. The summed E-state index contributed by atoms with van der Waals surface area (Å²) in [4.78, 5) is 11.4. The molecule has 2 aliphatic carbocycles. The van der Waals surface area contributed by atoms with Crippen LogP contribution in [0.5, 0.6) is 0 Å². The summed E-state index contributed by atoms with van der Waals surface area (Å²) >= 11 is 1.55. The number of hydrazine groups is 1. The standard InChI is InChI=1S/C12H19N5S/c1-18-12-14-10(16-13)6-11(15-12)17(9-4-5-9)7-8-2-3-8/h6,8-9H,2-5,7,13H2,1H3,(H,14,15,16). The number of rotatable bonds is 6. The molecule has 1 aromatic rings. The average Bonchev–Trinajstić information content (AvgIpc) is 3.28. The molecule has 1 heterocycles. The van der Waals surface area contributed by atoms with E-state index in [2.05, 4.69) is 20.3 Å². The molecule has 0 saturated heterocycles. The van der Waals surface area contributed by atoms with Crippen molar-refractivity contribution >= 4 is 23.4 Å². The Labute approximate surface area is 112 Å². The van der Waals surface area contributed by atoms with Gasteiger partial charge in [-0.15, -0.1) is 0 Å². The van der Waals surface area contributed by atoms with Gasteiger partial charge in [-0.3, -0.25) is 0 Å². The SMILES string of the molecule is CSc1nc(NN)cc(N(CC2CC2)C2CC2)n1. The normalized spacial score (nSPS) is 18.8.